The van der Waals surface area contributed by atoms with Gasteiger partial charge < -0.3 is 14.8 Å². The van der Waals surface area contributed by atoms with E-state index in [1.165, 1.54) is 12.1 Å². The highest BCUT2D eigenvalue weighted by molar-refractivity contribution is 5.67. The molecule has 1 N–H and O–H groups in total. The molecule has 28 heavy (non-hydrogen) atoms. The van der Waals surface area contributed by atoms with E-state index in [9.17, 15) is 18.0 Å². The van der Waals surface area contributed by atoms with Crippen molar-refractivity contribution in [3.05, 3.63) is 65.7 Å². The number of rotatable bonds is 6. The van der Waals surface area contributed by atoms with Crippen LogP contribution in [0.2, 0.25) is 0 Å². The zero-order valence-electron chi connectivity index (χ0n) is 16.0. The standard InChI is InChI=1S/C21H24F3NO3/c1-20(2,3)28-19(26)25-14-13-18(15-7-5-4-6-8-15)27-17-11-9-16(10-12-17)21(22,23)24/h4-12,18H,13-14H2,1-3H3,(H,25,26). The Hall–Kier alpha value is -2.70. The number of hydrogen-bond donors (Lipinski definition) is 1. The molecule has 2 rings (SSSR count). The van der Waals surface area contributed by atoms with E-state index in [1.807, 2.05) is 30.3 Å². The van der Waals surface area contributed by atoms with Gasteiger partial charge in [0.2, 0.25) is 0 Å². The van der Waals surface area contributed by atoms with Crippen molar-refractivity contribution in [2.75, 3.05) is 6.54 Å². The zero-order valence-corrected chi connectivity index (χ0v) is 16.0. The van der Waals surface area contributed by atoms with E-state index in [4.69, 9.17) is 9.47 Å². The number of carbonyl (C=O) groups is 1. The first-order chi connectivity index (χ1) is 13.0. The second-order valence-corrected chi connectivity index (χ2v) is 7.26. The van der Waals surface area contributed by atoms with E-state index in [-0.39, 0.29) is 6.54 Å². The number of alkyl halides is 3. The molecule has 1 amide bonds. The summed E-state index contributed by atoms with van der Waals surface area (Å²) in [4.78, 5) is 11.8. The van der Waals surface area contributed by atoms with Crippen LogP contribution in [0.1, 0.15) is 44.4 Å². The third-order valence-corrected chi connectivity index (χ3v) is 3.71. The number of nitrogens with one attached hydrogen (secondary N) is 1. The monoisotopic (exact) mass is 395 g/mol. The van der Waals surface area contributed by atoms with E-state index < -0.39 is 29.5 Å². The van der Waals surface area contributed by atoms with Gasteiger partial charge in [0, 0.05) is 13.0 Å². The summed E-state index contributed by atoms with van der Waals surface area (Å²) >= 11 is 0. The lowest BCUT2D eigenvalue weighted by molar-refractivity contribution is -0.137. The Morgan fingerprint density at radius 2 is 1.61 bits per heavy atom. The first-order valence-electron chi connectivity index (χ1n) is 8.90. The molecule has 0 spiro atoms. The van der Waals surface area contributed by atoms with Gasteiger partial charge in [0.25, 0.3) is 0 Å². The molecule has 1 atom stereocenters. The van der Waals surface area contributed by atoms with Crippen LogP contribution in [0.15, 0.2) is 54.6 Å². The van der Waals surface area contributed by atoms with E-state index >= 15 is 0 Å². The van der Waals surface area contributed by atoms with Gasteiger partial charge in [-0.05, 0) is 50.6 Å². The van der Waals surface area contributed by atoms with Crippen molar-refractivity contribution in [2.45, 2.75) is 45.1 Å². The second kappa shape index (κ2) is 8.99. The number of alkyl carbamates (subject to hydrolysis) is 1. The quantitative estimate of drug-likeness (QED) is 0.678. The van der Waals surface area contributed by atoms with Crippen LogP contribution in [0.5, 0.6) is 5.75 Å². The highest BCUT2D eigenvalue weighted by Gasteiger charge is 2.30. The van der Waals surface area contributed by atoms with Crippen LogP contribution in [0, 0.1) is 0 Å². The molecule has 0 saturated heterocycles. The van der Waals surface area contributed by atoms with E-state index in [2.05, 4.69) is 5.32 Å². The summed E-state index contributed by atoms with van der Waals surface area (Å²) in [6, 6.07) is 13.8. The molecule has 0 aromatic heterocycles. The highest BCUT2D eigenvalue weighted by Crippen LogP contribution is 2.31. The molecule has 2 aromatic carbocycles. The van der Waals surface area contributed by atoms with Crippen LogP contribution in [0.3, 0.4) is 0 Å². The van der Waals surface area contributed by atoms with Crippen molar-refractivity contribution >= 4 is 6.09 Å². The van der Waals surface area contributed by atoms with Crippen LogP contribution in [0.4, 0.5) is 18.0 Å². The van der Waals surface area contributed by atoms with Crippen LogP contribution >= 0.6 is 0 Å². The third-order valence-electron chi connectivity index (χ3n) is 3.71. The molecule has 0 aliphatic rings. The molecule has 0 saturated carbocycles. The minimum atomic E-state index is -4.39. The average Bonchev–Trinajstić information content (AvgIpc) is 2.60. The Labute approximate surface area is 162 Å². The van der Waals surface area contributed by atoms with Crippen LogP contribution in [-0.2, 0) is 10.9 Å². The maximum Gasteiger partial charge on any atom is 0.416 e. The number of ether oxygens (including phenoxy) is 2. The summed E-state index contributed by atoms with van der Waals surface area (Å²) in [7, 11) is 0. The molecule has 0 aliphatic heterocycles. The number of halogens is 3. The summed E-state index contributed by atoms with van der Waals surface area (Å²) in [6.45, 7) is 5.60. The van der Waals surface area contributed by atoms with E-state index in [0.29, 0.717) is 12.2 Å². The topological polar surface area (TPSA) is 47.6 Å². The molecule has 0 radical (unpaired) electrons. The average molecular weight is 395 g/mol. The number of amides is 1. The Balaban J connectivity index is 2.03. The van der Waals surface area contributed by atoms with Crippen molar-refractivity contribution in [1.82, 2.24) is 5.32 Å². The number of carbonyl (C=O) groups excluding carboxylic acids is 1. The van der Waals surface area contributed by atoms with Gasteiger partial charge in [0.05, 0.1) is 5.56 Å². The molecular weight excluding hydrogens is 371 g/mol. The largest absolute Gasteiger partial charge is 0.486 e. The molecule has 0 bridgehead atoms. The molecule has 2 aromatic rings. The van der Waals surface area contributed by atoms with Gasteiger partial charge in [-0.1, -0.05) is 30.3 Å². The first kappa shape index (κ1) is 21.6. The lowest BCUT2D eigenvalue weighted by Gasteiger charge is -2.22. The maximum absolute atomic E-state index is 12.7. The smallest absolute Gasteiger partial charge is 0.416 e. The van der Waals surface area contributed by atoms with Crippen LogP contribution in [0.25, 0.3) is 0 Å². The Kier molecular flexibility index (Phi) is 6.94. The zero-order chi connectivity index (χ0) is 20.8. The molecule has 0 heterocycles. The van der Waals surface area contributed by atoms with Crippen LogP contribution in [-0.4, -0.2) is 18.2 Å². The van der Waals surface area contributed by atoms with Crippen molar-refractivity contribution < 1.29 is 27.4 Å². The molecule has 7 heteroatoms. The lowest BCUT2D eigenvalue weighted by Crippen LogP contribution is -2.33. The number of hydrogen-bond acceptors (Lipinski definition) is 3. The second-order valence-electron chi connectivity index (χ2n) is 7.26. The van der Waals surface area contributed by atoms with E-state index in [1.54, 1.807) is 20.8 Å². The Morgan fingerprint density at radius 1 is 1.00 bits per heavy atom. The SMILES string of the molecule is CC(C)(C)OC(=O)NCCC(Oc1ccc(C(F)(F)F)cc1)c1ccccc1. The highest BCUT2D eigenvalue weighted by atomic mass is 19.4. The number of benzene rings is 2. The Morgan fingerprint density at radius 3 is 2.14 bits per heavy atom. The van der Waals surface area contributed by atoms with Gasteiger partial charge >= 0.3 is 12.3 Å². The lowest BCUT2D eigenvalue weighted by atomic mass is 10.1. The summed E-state index contributed by atoms with van der Waals surface area (Å²) in [5.41, 5.74) is -0.476. The molecule has 1 unspecified atom stereocenters. The van der Waals surface area contributed by atoms with Crippen LogP contribution < -0.4 is 10.1 Å². The van der Waals surface area contributed by atoms with Gasteiger partial charge in [0.1, 0.15) is 17.5 Å². The third kappa shape index (κ3) is 7.13. The minimum Gasteiger partial charge on any atom is -0.486 e. The predicted octanol–water partition coefficient (Wildman–Crippen LogP) is 5.74. The predicted molar refractivity (Wildman–Crippen MR) is 100 cm³/mol. The fraction of sp³-hybridized carbons (Fsp3) is 0.381. The van der Waals surface area contributed by atoms with Gasteiger partial charge in [-0.25, -0.2) is 4.79 Å². The molecule has 4 nitrogen and oxygen atoms in total. The van der Waals surface area contributed by atoms with E-state index in [0.717, 1.165) is 17.7 Å². The van der Waals surface area contributed by atoms with Crippen molar-refractivity contribution in [2.24, 2.45) is 0 Å². The summed E-state index contributed by atoms with van der Waals surface area (Å²) in [6.07, 6.45) is -4.94. The minimum absolute atomic E-state index is 0.287. The van der Waals surface area contributed by atoms with Gasteiger partial charge in [-0.3, -0.25) is 0 Å². The Bertz CT molecular complexity index is 753. The van der Waals surface area contributed by atoms with Crippen molar-refractivity contribution in [1.29, 1.82) is 0 Å². The van der Waals surface area contributed by atoms with Crippen molar-refractivity contribution in [3.63, 3.8) is 0 Å². The first-order valence-corrected chi connectivity index (χ1v) is 8.90. The summed E-state index contributed by atoms with van der Waals surface area (Å²) in [5, 5.41) is 2.66. The fourth-order valence-corrected chi connectivity index (χ4v) is 2.47. The molecule has 0 fully saturated rings. The summed E-state index contributed by atoms with van der Waals surface area (Å²) in [5.74, 6) is 0.319. The summed E-state index contributed by atoms with van der Waals surface area (Å²) < 4.78 is 49.2. The molecule has 0 aliphatic carbocycles. The molecule has 152 valence electrons. The fourth-order valence-electron chi connectivity index (χ4n) is 2.47. The normalized spacial score (nSPS) is 12.9. The van der Waals surface area contributed by atoms with Gasteiger partial charge in [0.15, 0.2) is 0 Å². The van der Waals surface area contributed by atoms with Crippen molar-refractivity contribution in [3.8, 4) is 5.75 Å². The molecular formula is C21H24F3NO3. The van der Waals surface area contributed by atoms with Gasteiger partial charge in [-0.15, -0.1) is 0 Å². The maximum atomic E-state index is 12.7. The van der Waals surface area contributed by atoms with Gasteiger partial charge in [-0.2, -0.15) is 13.2 Å².